The van der Waals surface area contributed by atoms with Crippen molar-refractivity contribution in [1.82, 2.24) is 4.98 Å². The Bertz CT molecular complexity index is 1270. The Morgan fingerprint density at radius 2 is 1.65 bits per heavy atom. The van der Waals surface area contributed by atoms with Gasteiger partial charge in [-0.05, 0) is 71.7 Å². The van der Waals surface area contributed by atoms with Gasteiger partial charge in [-0.3, -0.25) is 0 Å². The quantitative estimate of drug-likeness (QED) is 0.168. The van der Waals surface area contributed by atoms with Crippen LogP contribution in [0.2, 0.25) is 0 Å². The predicted molar refractivity (Wildman–Crippen MR) is 143 cm³/mol. The van der Waals surface area contributed by atoms with E-state index in [0.717, 1.165) is 33.3 Å². The number of halogens is 1. The van der Waals surface area contributed by atoms with Crippen molar-refractivity contribution in [3.05, 3.63) is 77.7 Å². The Hall–Kier alpha value is -3.58. The van der Waals surface area contributed by atoms with E-state index in [9.17, 15) is 4.39 Å². The maximum atomic E-state index is 13.3. The number of hydrogen-bond acceptors (Lipinski definition) is 6. The molecule has 0 saturated carbocycles. The van der Waals surface area contributed by atoms with E-state index in [1.807, 2.05) is 44.2 Å². The van der Waals surface area contributed by atoms with E-state index in [1.54, 1.807) is 37.1 Å². The molecule has 4 aromatic rings. The van der Waals surface area contributed by atoms with E-state index in [1.165, 1.54) is 23.2 Å². The maximum absolute atomic E-state index is 13.3. The number of nitrogens with one attached hydrogen (secondary N) is 1. The summed E-state index contributed by atoms with van der Waals surface area (Å²) in [6.07, 6.45) is 3.27. The third-order valence-electron chi connectivity index (χ3n) is 5.40. The predicted octanol–water partition coefficient (Wildman–Crippen LogP) is 6.74. The van der Waals surface area contributed by atoms with Gasteiger partial charge in [0.1, 0.15) is 17.4 Å². The second kappa shape index (κ2) is 11.0. The molecule has 0 unspecified atom stereocenters. The van der Waals surface area contributed by atoms with Crippen molar-refractivity contribution in [2.75, 3.05) is 24.8 Å². The standard InChI is InChI=1S/C19H19FN4.C8H10OS/c1-10(2)18-17(11-3-5-13(20)6-4-11)14-7-12(9-21)16(22)8-15(14)19(23)24-18;1-9-7-3-5-8(10-2)6-4-7/h3-10,21H,22H2,1-2H3,(H2,23,24);3-6H,1-2H3. The highest BCUT2D eigenvalue weighted by molar-refractivity contribution is 7.98. The van der Waals surface area contributed by atoms with E-state index in [-0.39, 0.29) is 11.7 Å². The number of ether oxygens (including phenoxy) is 1. The number of methoxy groups -OCH3 is 1. The fourth-order valence-corrected chi connectivity index (χ4v) is 4.02. The first-order valence-corrected chi connectivity index (χ1v) is 12.0. The van der Waals surface area contributed by atoms with Crippen molar-refractivity contribution in [2.24, 2.45) is 0 Å². The van der Waals surface area contributed by atoms with Gasteiger partial charge in [0.2, 0.25) is 0 Å². The molecule has 4 rings (SSSR count). The molecule has 0 bridgehead atoms. The minimum Gasteiger partial charge on any atom is -0.497 e. The second-order valence-electron chi connectivity index (χ2n) is 7.97. The molecule has 5 nitrogen and oxygen atoms in total. The molecule has 3 aromatic carbocycles. The zero-order valence-corrected chi connectivity index (χ0v) is 20.5. The lowest BCUT2D eigenvalue weighted by atomic mass is 9.91. The average molecular weight is 477 g/mol. The van der Waals surface area contributed by atoms with Gasteiger partial charge >= 0.3 is 0 Å². The molecule has 176 valence electrons. The van der Waals surface area contributed by atoms with Crippen LogP contribution in [0.1, 0.15) is 31.0 Å². The Balaban J connectivity index is 0.000000271. The molecule has 0 amide bonds. The van der Waals surface area contributed by atoms with Crippen LogP contribution in [0.5, 0.6) is 5.75 Å². The summed E-state index contributed by atoms with van der Waals surface area (Å²) in [4.78, 5) is 5.83. The van der Waals surface area contributed by atoms with Gasteiger partial charge in [0.05, 0.1) is 12.8 Å². The molecule has 0 fully saturated rings. The van der Waals surface area contributed by atoms with E-state index >= 15 is 0 Å². The van der Waals surface area contributed by atoms with E-state index < -0.39 is 0 Å². The minimum atomic E-state index is -0.290. The monoisotopic (exact) mass is 476 g/mol. The van der Waals surface area contributed by atoms with E-state index in [2.05, 4.69) is 11.2 Å². The second-order valence-corrected chi connectivity index (χ2v) is 8.85. The molecule has 1 heterocycles. The average Bonchev–Trinajstić information content (AvgIpc) is 2.85. The van der Waals surface area contributed by atoms with Crippen LogP contribution in [0.4, 0.5) is 15.9 Å². The van der Waals surface area contributed by atoms with Crippen LogP contribution >= 0.6 is 11.8 Å². The SMILES string of the molecule is CC(C)c1nc(N)c2cc(N)c(C=N)cc2c1-c1ccc(F)cc1.COc1ccc(SC)cc1. The summed E-state index contributed by atoms with van der Waals surface area (Å²) in [6, 6.07) is 17.9. The zero-order chi connectivity index (χ0) is 24.8. The van der Waals surface area contributed by atoms with Gasteiger partial charge in [-0.2, -0.15) is 0 Å². The number of thioether (sulfide) groups is 1. The number of pyridine rings is 1. The molecule has 0 saturated heterocycles. The summed E-state index contributed by atoms with van der Waals surface area (Å²) in [5.41, 5.74) is 15.8. The molecule has 0 radical (unpaired) electrons. The fourth-order valence-electron chi connectivity index (χ4n) is 3.61. The molecular weight excluding hydrogens is 447 g/mol. The van der Waals surface area contributed by atoms with Crippen LogP contribution in [0.25, 0.3) is 21.9 Å². The van der Waals surface area contributed by atoms with Crippen LogP contribution in [0.3, 0.4) is 0 Å². The van der Waals surface area contributed by atoms with Crippen molar-refractivity contribution in [1.29, 1.82) is 5.41 Å². The summed E-state index contributed by atoms with van der Waals surface area (Å²) in [5, 5.41) is 9.16. The number of nitrogens with two attached hydrogens (primary N) is 2. The first kappa shape index (κ1) is 25.1. The third kappa shape index (κ3) is 5.48. The number of fused-ring (bicyclic) bond motifs is 1. The lowest BCUT2D eigenvalue weighted by molar-refractivity contribution is 0.414. The van der Waals surface area contributed by atoms with Crippen LogP contribution < -0.4 is 16.2 Å². The van der Waals surface area contributed by atoms with Gasteiger partial charge in [0, 0.05) is 33.3 Å². The fraction of sp³-hybridized carbons (Fsp3) is 0.185. The maximum Gasteiger partial charge on any atom is 0.131 e. The smallest absolute Gasteiger partial charge is 0.131 e. The van der Waals surface area contributed by atoms with Crippen molar-refractivity contribution >= 4 is 40.3 Å². The van der Waals surface area contributed by atoms with Crippen molar-refractivity contribution in [3.8, 4) is 16.9 Å². The van der Waals surface area contributed by atoms with Gasteiger partial charge in [0.15, 0.2) is 0 Å². The number of rotatable bonds is 5. The molecule has 0 atom stereocenters. The summed E-state index contributed by atoms with van der Waals surface area (Å²) in [7, 11) is 1.67. The highest BCUT2D eigenvalue weighted by atomic mass is 32.2. The molecule has 5 N–H and O–H groups in total. The van der Waals surface area contributed by atoms with Crippen LogP contribution in [-0.2, 0) is 0 Å². The first-order valence-electron chi connectivity index (χ1n) is 10.8. The highest BCUT2D eigenvalue weighted by Crippen LogP contribution is 2.38. The lowest BCUT2D eigenvalue weighted by Gasteiger charge is -2.18. The summed E-state index contributed by atoms with van der Waals surface area (Å²) in [5.74, 6) is 1.17. The summed E-state index contributed by atoms with van der Waals surface area (Å²) >= 11 is 1.73. The molecule has 0 aliphatic carbocycles. The lowest BCUT2D eigenvalue weighted by Crippen LogP contribution is -2.04. The highest BCUT2D eigenvalue weighted by Gasteiger charge is 2.18. The summed E-state index contributed by atoms with van der Waals surface area (Å²) in [6.45, 7) is 4.07. The van der Waals surface area contributed by atoms with Gasteiger partial charge in [-0.25, -0.2) is 9.37 Å². The number of aromatic nitrogens is 1. The molecule has 1 aromatic heterocycles. The largest absolute Gasteiger partial charge is 0.497 e. The number of benzene rings is 3. The Kier molecular flexibility index (Phi) is 8.12. The van der Waals surface area contributed by atoms with Crippen LogP contribution in [-0.4, -0.2) is 24.6 Å². The van der Waals surface area contributed by atoms with E-state index in [0.29, 0.717) is 17.1 Å². The molecule has 0 aliphatic heterocycles. The van der Waals surface area contributed by atoms with Gasteiger partial charge in [0.25, 0.3) is 0 Å². The minimum absolute atomic E-state index is 0.137. The normalized spacial score (nSPS) is 10.6. The molecular formula is C27H29FN4OS. The number of hydrogen-bond donors (Lipinski definition) is 3. The Morgan fingerprint density at radius 3 is 2.18 bits per heavy atom. The number of nitrogens with zero attached hydrogens (tertiary/aromatic N) is 1. The Morgan fingerprint density at radius 1 is 1.00 bits per heavy atom. The van der Waals surface area contributed by atoms with Crippen LogP contribution in [0.15, 0.2) is 65.6 Å². The van der Waals surface area contributed by atoms with Crippen molar-refractivity contribution in [2.45, 2.75) is 24.7 Å². The van der Waals surface area contributed by atoms with Gasteiger partial charge in [-0.1, -0.05) is 26.0 Å². The molecule has 34 heavy (non-hydrogen) atoms. The van der Waals surface area contributed by atoms with Crippen molar-refractivity contribution in [3.63, 3.8) is 0 Å². The molecule has 0 aliphatic rings. The van der Waals surface area contributed by atoms with Gasteiger partial charge in [-0.15, -0.1) is 11.8 Å². The topological polar surface area (TPSA) is 98.0 Å². The van der Waals surface area contributed by atoms with Crippen molar-refractivity contribution < 1.29 is 9.13 Å². The van der Waals surface area contributed by atoms with Crippen LogP contribution in [0, 0.1) is 11.2 Å². The molecule has 7 heteroatoms. The van der Waals surface area contributed by atoms with Gasteiger partial charge < -0.3 is 21.6 Å². The third-order valence-corrected chi connectivity index (χ3v) is 6.14. The van der Waals surface area contributed by atoms with E-state index in [4.69, 9.17) is 21.6 Å². The first-order chi connectivity index (χ1) is 16.3. The number of nitrogen functional groups attached to an aromatic ring is 2. The molecule has 0 spiro atoms. The summed E-state index contributed by atoms with van der Waals surface area (Å²) < 4.78 is 18.3. The Labute approximate surface area is 203 Å². The zero-order valence-electron chi connectivity index (χ0n) is 19.7. The number of anilines is 2.